The van der Waals surface area contributed by atoms with E-state index in [4.69, 9.17) is 4.52 Å². The molecule has 0 spiro atoms. The second-order valence-corrected chi connectivity index (χ2v) is 6.40. The molecule has 2 aliphatic carbocycles. The van der Waals surface area contributed by atoms with Gasteiger partial charge in [0.15, 0.2) is 5.69 Å². The number of hydrogen-bond acceptors (Lipinski definition) is 4. The summed E-state index contributed by atoms with van der Waals surface area (Å²) in [4.78, 5) is 23.7. The van der Waals surface area contributed by atoms with E-state index in [0.29, 0.717) is 18.8 Å². The fourth-order valence-electron chi connectivity index (χ4n) is 3.16. The van der Waals surface area contributed by atoms with Crippen LogP contribution in [0, 0.1) is 5.92 Å². The molecule has 0 bridgehead atoms. The van der Waals surface area contributed by atoms with Crippen molar-refractivity contribution in [3.8, 4) is 0 Å². The maximum Gasteiger partial charge on any atom is 0.308 e. The lowest BCUT2D eigenvalue weighted by Gasteiger charge is -2.39. The second-order valence-electron chi connectivity index (χ2n) is 6.40. The fourth-order valence-corrected chi connectivity index (χ4v) is 3.16. The zero-order valence-electron chi connectivity index (χ0n) is 12.1. The Morgan fingerprint density at radius 3 is 2.81 bits per heavy atom. The lowest BCUT2D eigenvalue weighted by atomic mass is 9.74. The van der Waals surface area contributed by atoms with Gasteiger partial charge in [0.1, 0.15) is 5.76 Å². The van der Waals surface area contributed by atoms with Crippen LogP contribution in [0.5, 0.6) is 0 Å². The van der Waals surface area contributed by atoms with Gasteiger partial charge in [0, 0.05) is 12.0 Å². The highest BCUT2D eigenvalue weighted by atomic mass is 16.5. The molecule has 2 unspecified atom stereocenters. The Hall–Kier alpha value is -1.85. The predicted octanol–water partition coefficient (Wildman–Crippen LogP) is 2.32. The molecule has 2 atom stereocenters. The van der Waals surface area contributed by atoms with E-state index in [1.54, 1.807) is 6.07 Å². The largest absolute Gasteiger partial charge is 0.481 e. The van der Waals surface area contributed by atoms with Crippen molar-refractivity contribution in [3.63, 3.8) is 0 Å². The minimum Gasteiger partial charge on any atom is -0.481 e. The molecule has 6 heteroatoms. The molecule has 1 heterocycles. The van der Waals surface area contributed by atoms with E-state index in [1.165, 1.54) is 0 Å². The molecule has 2 aliphatic rings. The average molecular weight is 292 g/mol. The molecule has 3 rings (SSSR count). The quantitative estimate of drug-likeness (QED) is 0.888. The monoisotopic (exact) mass is 292 g/mol. The Labute approximate surface area is 122 Å². The molecule has 0 aliphatic heterocycles. The first-order valence-corrected chi connectivity index (χ1v) is 7.51. The van der Waals surface area contributed by atoms with Crippen molar-refractivity contribution in [2.24, 2.45) is 5.92 Å². The molecule has 0 saturated heterocycles. The van der Waals surface area contributed by atoms with E-state index in [1.807, 2.05) is 6.92 Å². The maximum absolute atomic E-state index is 12.3. The van der Waals surface area contributed by atoms with Crippen molar-refractivity contribution in [2.75, 3.05) is 0 Å². The van der Waals surface area contributed by atoms with Crippen LogP contribution in [0.3, 0.4) is 0 Å². The highest BCUT2D eigenvalue weighted by molar-refractivity contribution is 5.93. The van der Waals surface area contributed by atoms with E-state index in [2.05, 4.69) is 10.5 Å². The van der Waals surface area contributed by atoms with E-state index in [9.17, 15) is 14.7 Å². The van der Waals surface area contributed by atoms with Gasteiger partial charge >= 0.3 is 5.97 Å². The molecule has 1 aromatic heterocycles. The molecule has 2 N–H and O–H groups in total. The van der Waals surface area contributed by atoms with Crippen molar-refractivity contribution in [2.45, 2.75) is 56.9 Å². The molecule has 2 saturated carbocycles. The Morgan fingerprint density at radius 2 is 2.14 bits per heavy atom. The van der Waals surface area contributed by atoms with E-state index < -0.39 is 17.4 Å². The number of carboxylic acid groups (broad SMARTS) is 1. The molecule has 1 aromatic rings. The van der Waals surface area contributed by atoms with Crippen molar-refractivity contribution in [1.82, 2.24) is 10.5 Å². The zero-order valence-corrected chi connectivity index (χ0v) is 12.1. The molecular weight excluding hydrogens is 272 g/mol. The number of carbonyl (C=O) groups is 2. The van der Waals surface area contributed by atoms with Crippen LogP contribution < -0.4 is 5.32 Å². The minimum atomic E-state index is -0.851. The Morgan fingerprint density at radius 1 is 1.38 bits per heavy atom. The zero-order chi connectivity index (χ0) is 15.0. The number of amides is 1. The summed E-state index contributed by atoms with van der Waals surface area (Å²) in [5, 5.41) is 16.0. The number of aromatic nitrogens is 1. The van der Waals surface area contributed by atoms with Crippen LogP contribution in [0.25, 0.3) is 0 Å². The first-order valence-electron chi connectivity index (χ1n) is 7.51. The number of nitrogens with zero attached hydrogens (tertiary/aromatic N) is 1. The highest BCUT2D eigenvalue weighted by Gasteiger charge is 2.42. The summed E-state index contributed by atoms with van der Waals surface area (Å²) in [5.41, 5.74) is -0.479. The van der Waals surface area contributed by atoms with Crippen LogP contribution in [-0.2, 0) is 4.79 Å². The fraction of sp³-hybridized carbons (Fsp3) is 0.667. The standard InChI is InChI=1S/C15H20N2O4/c1-15(7-3-2-4-10(15)14(19)20)16-13(18)11-8-12(21-17-11)9-5-6-9/h8-10H,2-7H2,1H3,(H,16,18)(H,19,20). The summed E-state index contributed by atoms with van der Waals surface area (Å²) < 4.78 is 5.18. The van der Waals surface area contributed by atoms with Crippen LogP contribution in [0.15, 0.2) is 10.6 Å². The van der Waals surface area contributed by atoms with Crippen molar-refractivity contribution in [1.29, 1.82) is 0 Å². The summed E-state index contributed by atoms with van der Waals surface area (Å²) >= 11 is 0. The molecule has 0 radical (unpaired) electrons. The van der Waals surface area contributed by atoms with Gasteiger partial charge in [-0.1, -0.05) is 18.0 Å². The summed E-state index contributed by atoms with van der Waals surface area (Å²) in [7, 11) is 0. The summed E-state index contributed by atoms with van der Waals surface area (Å²) in [6.45, 7) is 1.81. The average Bonchev–Trinajstić information content (AvgIpc) is 3.15. The third-order valence-corrected chi connectivity index (χ3v) is 4.65. The lowest BCUT2D eigenvalue weighted by Crippen LogP contribution is -2.55. The number of carboxylic acids is 1. The van der Waals surface area contributed by atoms with Gasteiger partial charge in [0.05, 0.1) is 11.5 Å². The molecule has 1 amide bonds. The molecule has 2 fully saturated rings. The van der Waals surface area contributed by atoms with Gasteiger partial charge in [0.2, 0.25) is 0 Å². The first kappa shape index (κ1) is 14.1. The van der Waals surface area contributed by atoms with E-state index in [0.717, 1.165) is 31.4 Å². The normalized spacial score (nSPS) is 29.1. The third-order valence-electron chi connectivity index (χ3n) is 4.65. The van der Waals surface area contributed by atoms with Gasteiger partial charge in [-0.3, -0.25) is 9.59 Å². The van der Waals surface area contributed by atoms with Crippen LogP contribution >= 0.6 is 0 Å². The summed E-state index contributed by atoms with van der Waals surface area (Å²) in [6.07, 6.45) is 5.23. The Kier molecular flexibility index (Phi) is 3.47. The number of aliphatic carboxylic acids is 1. The van der Waals surface area contributed by atoms with Gasteiger partial charge in [-0.05, 0) is 32.6 Å². The minimum absolute atomic E-state index is 0.243. The molecule has 0 aromatic carbocycles. The SMILES string of the molecule is CC1(NC(=O)c2cc(C3CC3)on2)CCCCC1C(=O)O. The number of hydrogen-bond donors (Lipinski definition) is 2. The maximum atomic E-state index is 12.3. The Bertz CT molecular complexity index is 564. The molecule has 6 nitrogen and oxygen atoms in total. The van der Waals surface area contributed by atoms with E-state index in [-0.39, 0.29) is 11.6 Å². The third kappa shape index (κ3) is 2.80. The van der Waals surface area contributed by atoms with E-state index >= 15 is 0 Å². The van der Waals surface area contributed by atoms with Crippen LogP contribution in [0.4, 0.5) is 0 Å². The smallest absolute Gasteiger partial charge is 0.308 e. The van der Waals surface area contributed by atoms with Gasteiger partial charge in [0.25, 0.3) is 5.91 Å². The van der Waals surface area contributed by atoms with Crippen LogP contribution in [0.1, 0.15) is 67.6 Å². The van der Waals surface area contributed by atoms with Crippen molar-refractivity contribution < 1.29 is 19.2 Å². The number of carbonyl (C=O) groups excluding carboxylic acids is 1. The van der Waals surface area contributed by atoms with Crippen LogP contribution in [0.2, 0.25) is 0 Å². The first-order chi connectivity index (χ1) is 9.99. The molecule has 21 heavy (non-hydrogen) atoms. The van der Waals surface area contributed by atoms with Crippen molar-refractivity contribution >= 4 is 11.9 Å². The van der Waals surface area contributed by atoms with Gasteiger partial charge in [-0.25, -0.2) is 0 Å². The topological polar surface area (TPSA) is 92.4 Å². The van der Waals surface area contributed by atoms with Gasteiger partial charge in [-0.2, -0.15) is 0 Å². The highest BCUT2D eigenvalue weighted by Crippen LogP contribution is 2.40. The van der Waals surface area contributed by atoms with Gasteiger partial charge in [-0.15, -0.1) is 0 Å². The Balaban J connectivity index is 1.73. The molecule has 114 valence electrons. The van der Waals surface area contributed by atoms with Gasteiger partial charge < -0.3 is 14.9 Å². The van der Waals surface area contributed by atoms with Crippen LogP contribution in [-0.4, -0.2) is 27.7 Å². The number of nitrogens with one attached hydrogen (secondary N) is 1. The summed E-state index contributed by atoms with van der Waals surface area (Å²) in [5.74, 6) is -0.595. The van der Waals surface area contributed by atoms with Crippen molar-refractivity contribution in [3.05, 3.63) is 17.5 Å². The molecular formula is C15H20N2O4. The summed E-state index contributed by atoms with van der Waals surface area (Å²) in [6, 6.07) is 1.68. The lowest BCUT2D eigenvalue weighted by molar-refractivity contribution is -0.145. The second kappa shape index (κ2) is 5.16. The number of rotatable bonds is 4. The predicted molar refractivity (Wildman–Crippen MR) is 73.9 cm³/mol.